The fraction of sp³-hybridized carbons (Fsp3) is 0.375. The molecule has 1 heterocycles. The summed E-state index contributed by atoms with van der Waals surface area (Å²) in [5.74, 6) is 1.45. The van der Waals surface area contributed by atoms with Crippen molar-refractivity contribution in [2.24, 2.45) is 4.99 Å². The van der Waals surface area contributed by atoms with Crippen LogP contribution in [0.5, 0.6) is 5.75 Å². The lowest BCUT2D eigenvalue weighted by Gasteiger charge is -2.03. The van der Waals surface area contributed by atoms with Gasteiger partial charge in [0.25, 0.3) is 0 Å². The number of unbranched alkanes of at least 4 members (excludes halogenated alkanes) is 2. The summed E-state index contributed by atoms with van der Waals surface area (Å²) in [4.78, 5) is 4.41. The molecule has 0 unspecified atom stereocenters. The summed E-state index contributed by atoms with van der Waals surface area (Å²) in [5, 5.41) is 4.29. The number of nitrogen functional groups attached to an aromatic ring is 1. The van der Waals surface area contributed by atoms with Crippen LogP contribution >= 0.6 is 0 Å². The van der Waals surface area contributed by atoms with E-state index in [1.807, 2.05) is 28.9 Å². The minimum Gasteiger partial charge on any atom is -0.497 e. The number of methoxy groups -OCH3 is 1. The molecule has 0 atom stereocenters. The summed E-state index contributed by atoms with van der Waals surface area (Å²) in [6, 6.07) is 7.70. The molecule has 0 fully saturated rings. The van der Waals surface area contributed by atoms with E-state index in [0.717, 1.165) is 24.3 Å². The van der Waals surface area contributed by atoms with E-state index in [-0.39, 0.29) is 0 Å². The first-order valence-electron chi connectivity index (χ1n) is 7.24. The molecule has 2 N–H and O–H groups in total. The number of hydrogen-bond donors (Lipinski definition) is 1. The van der Waals surface area contributed by atoms with Crippen LogP contribution in [0, 0.1) is 0 Å². The van der Waals surface area contributed by atoms with Gasteiger partial charge in [-0.2, -0.15) is 5.10 Å². The number of nitrogens with zero attached hydrogens (tertiary/aromatic N) is 3. The van der Waals surface area contributed by atoms with Crippen molar-refractivity contribution >= 4 is 17.7 Å². The van der Waals surface area contributed by atoms with Crippen LogP contribution in [-0.4, -0.2) is 23.1 Å². The van der Waals surface area contributed by atoms with Crippen LogP contribution in [-0.2, 0) is 6.54 Å². The van der Waals surface area contributed by atoms with Gasteiger partial charge in [-0.3, -0.25) is 4.99 Å². The summed E-state index contributed by atoms with van der Waals surface area (Å²) in [7, 11) is 1.65. The number of aromatic nitrogens is 2. The highest BCUT2D eigenvalue weighted by Gasteiger charge is 2.05. The van der Waals surface area contributed by atoms with Gasteiger partial charge in [-0.25, -0.2) is 4.68 Å². The van der Waals surface area contributed by atoms with Crippen LogP contribution in [0.2, 0.25) is 0 Å². The first-order chi connectivity index (χ1) is 10.2. The molecule has 0 saturated carbocycles. The molecular formula is C16H22N4O. The summed E-state index contributed by atoms with van der Waals surface area (Å²) >= 11 is 0. The van der Waals surface area contributed by atoms with Crippen LogP contribution < -0.4 is 10.5 Å². The monoisotopic (exact) mass is 286 g/mol. The maximum Gasteiger partial charge on any atom is 0.147 e. The van der Waals surface area contributed by atoms with Crippen molar-refractivity contribution in [3.63, 3.8) is 0 Å². The molecule has 0 radical (unpaired) electrons. The summed E-state index contributed by atoms with van der Waals surface area (Å²) in [6.07, 6.45) is 6.95. The zero-order valence-corrected chi connectivity index (χ0v) is 12.6. The van der Waals surface area contributed by atoms with Gasteiger partial charge in [0.05, 0.1) is 13.3 Å². The maximum absolute atomic E-state index is 6.06. The molecular weight excluding hydrogens is 264 g/mol. The van der Waals surface area contributed by atoms with Crippen molar-refractivity contribution in [2.45, 2.75) is 32.7 Å². The lowest BCUT2D eigenvalue weighted by Crippen LogP contribution is -2.04. The first-order valence-corrected chi connectivity index (χ1v) is 7.24. The van der Waals surface area contributed by atoms with Crippen molar-refractivity contribution in [3.05, 3.63) is 36.0 Å². The molecule has 0 bridgehead atoms. The molecule has 2 aromatic rings. The zero-order valence-electron chi connectivity index (χ0n) is 12.6. The molecule has 0 aliphatic heterocycles. The number of benzene rings is 1. The molecule has 0 aliphatic rings. The van der Waals surface area contributed by atoms with Gasteiger partial charge < -0.3 is 10.5 Å². The Labute approximate surface area is 125 Å². The second-order valence-electron chi connectivity index (χ2n) is 4.88. The third-order valence-electron chi connectivity index (χ3n) is 3.30. The molecule has 5 heteroatoms. The third-order valence-corrected chi connectivity index (χ3v) is 3.30. The van der Waals surface area contributed by atoms with E-state index >= 15 is 0 Å². The zero-order chi connectivity index (χ0) is 15.1. The molecule has 21 heavy (non-hydrogen) atoms. The van der Waals surface area contributed by atoms with Crippen LogP contribution in [0.4, 0.5) is 11.5 Å². The fourth-order valence-electron chi connectivity index (χ4n) is 2.01. The number of anilines is 1. The molecule has 2 rings (SSSR count). The molecule has 0 saturated heterocycles. The first kappa shape index (κ1) is 15.1. The highest BCUT2D eigenvalue weighted by molar-refractivity contribution is 5.83. The van der Waals surface area contributed by atoms with E-state index in [1.165, 1.54) is 12.8 Å². The van der Waals surface area contributed by atoms with Crippen molar-refractivity contribution in [3.8, 4) is 5.75 Å². The van der Waals surface area contributed by atoms with E-state index in [2.05, 4.69) is 17.0 Å². The van der Waals surface area contributed by atoms with Crippen LogP contribution in [0.3, 0.4) is 0 Å². The topological polar surface area (TPSA) is 65.4 Å². The van der Waals surface area contributed by atoms with Gasteiger partial charge in [0, 0.05) is 12.8 Å². The Morgan fingerprint density at radius 2 is 2.05 bits per heavy atom. The molecule has 1 aromatic carbocycles. The molecule has 5 nitrogen and oxygen atoms in total. The molecule has 1 aromatic heterocycles. The number of nitrogens with two attached hydrogens (primary N) is 1. The second-order valence-corrected chi connectivity index (χ2v) is 4.88. The van der Waals surface area contributed by atoms with Gasteiger partial charge in [-0.1, -0.05) is 19.8 Å². The van der Waals surface area contributed by atoms with Crippen LogP contribution in [0.15, 0.2) is 35.5 Å². The largest absolute Gasteiger partial charge is 0.497 e. The number of ether oxygens (including phenoxy) is 1. The predicted octanol–water partition coefficient (Wildman–Crippen LogP) is 3.41. The van der Waals surface area contributed by atoms with Crippen molar-refractivity contribution in [1.29, 1.82) is 0 Å². The van der Waals surface area contributed by atoms with Crippen molar-refractivity contribution < 1.29 is 4.74 Å². The van der Waals surface area contributed by atoms with Crippen LogP contribution in [0.25, 0.3) is 0 Å². The molecule has 0 spiro atoms. The van der Waals surface area contributed by atoms with E-state index in [0.29, 0.717) is 11.5 Å². The summed E-state index contributed by atoms with van der Waals surface area (Å²) in [6.45, 7) is 3.02. The Morgan fingerprint density at radius 1 is 1.29 bits per heavy atom. The number of aliphatic imine (C=N–C) groups is 1. The van der Waals surface area contributed by atoms with Gasteiger partial charge in [0.1, 0.15) is 17.3 Å². The summed E-state index contributed by atoms with van der Waals surface area (Å²) in [5.41, 5.74) is 7.77. The normalized spacial score (nSPS) is 11.1. The minimum absolute atomic E-state index is 0.621. The number of rotatable bonds is 7. The Kier molecular flexibility index (Phi) is 5.37. The maximum atomic E-state index is 6.06. The number of aryl methyl sites for hydroxylation is 1. The highest BCUT2D eigenvalue weighted by atomic mass is 16.5. The van der Waals surface area contributed by atoms with E-state index < -0.39 is 0 Å². The molecule has 0 amide bonds. The Bertz CT molecular complexity index is 587. The smallest absolute Gasteiger partial charge is 0.147 e. The standard InChI is InChI=1S/C16H22N4O/c1-3-4-5-10-20-16(17)15(12-19-20)18-11-13-6-8-14(21-2)9-7-13/h6-9,11-12H,3-5,10,17H2,1-2H3. The second kappa shape index (κ2) is 7.47. The van der Waals surface area contributed by atoms with E-state index in [4.69, 9.17) is 10.5 Å². The van der Waals surface area contributed by atoms with E-state index in [1.54, 1.807) is 19.5 Å². The lowest BCUT2D eigenvalue weighted by atomic mass is 10.2. The Hall–Kier alpha value is -2.30. The van der Waals surface area contributed by atoms with Crippen molar-refractivity contribution in [1.82, 2.24) is 9.78 Å². The number of hydrogen-bond acceptors (Lipinski definition) is 4. The highest BCUT2D eigenvalue weighted by Crippen LogP contribution is 2.21. The fourth-order valence-corrected chi connectivity index (χ4v) is 2.01. The van der Waals surface area contributed by atoms with E-state index in [9.17, 15) is 0 Å². The molecule has 112 valence electrons. The third kappa shape index (κ3) is 4.08. The predicted molar refractivity (Wildman–Crippen MR) is 86.4 cm³/mol. The SMILES string of the molecule is CCCCCn1ncc(N=Cc2ccc(OC)cc2)c1N. The van der Waals surface area contributed by atoms with Gasteiger partial charge in [-0.05, 0) is 36.2 Å². The average molecular weight is 286 g/mol. The van der Waals surface area contributed by atoms with Gasteiger partial charge in [-0.15, -0.1) is 0 Å². The average Bonchev–Trinajstić information content (AvgIpc) is 2.87. The lowest BCUT2D eigenvalue weighted by molar-refractivity contribution is 0.415. The van der Waals surface area contributed by atoms with Gasteiger partial charge in [0.2, 0.25) is 0 Å². The Balaban J connectivity index is 2.03. The molecule has 0 aliphatic carbocycles. The van der Waals surface area contributed by atoms with Gasteiger partial charge in [0.15, 0.2) is 0 Å². The quantitative estimate of drug-likeness (QED) is 0.626. The van der Waals surface area contributed by atoms with Crippen molar-refractivity contribution in [2.75, 3.05) is 12.8 Å². The minimum atomic E-state index is 0.621. The Morgan fingerprint density at radius 3 is 2.71 bits per heavy atom. The van der Waals surface area contributed by atoms with Gasteiger partial charge >= 0.3 is 0 Å². The van der Waals surface area contributed by atoms with Crippen LogP contribution in [0.1, 0.15) is 31.7 Å². The summed E-state index contributed by atoms with van der Waals surface area (Å²) < 4.78 is 6.94.